The van der Waals surface area contributed by atoms with Gasteiger partial charge in [-0.3, -0.25) is 4.79 Å². The molecule has 0 bridgehead atoms. The molecule has 1 amide bonds. The number of aliphatic hydroxyl groups is 1. The molecule has 2 rings (SSSR count). The minimum absolute atomic E-state index is 0.271. The van der Waals surface area contributed by atoms with Gasteiger partial charge in [-0.2, -0.15) is 0 Å². The molecule has 6 N–H and O–H groups in total. The van der Waals surface area contributed by atoms with Gasteiger partial charge >= 0.3 is 0 Å². The number of hydrogen-bond donors (Lipinski definition) is 4. The van der Waals surface area contributed by atoms with Crippen LogP contribution in [0.3, 0.4) is 0 Å². The van der Waals surface area contributed by atoms with Crippen LogP contribution in [-0.2, 0) is 0 Å². The second-order valence-corrected chi connectivity index (χ2v) is 4.96. The van der Waals surface area contributed by atoms with Crippen LogP contribution < -0.4 is 16.8 Å². The van der Waals surface area contributed by atoms with Gasteiger partial charge in [0.15, 0.2) is 0 Å². The molecule has 98 valence electrons. The Balaban J connectivity index is 1.99. The van der Waals surface area contributed by atoms with Crippen molar-refractivity contribution in [3.8, 4) is 0 Å². The number of amides is 1. The molecule has 1 fully saturated rings. The van der Waals surface area contributed by atoms with Gasteiger partial charge in [0.25, 0.3) is 5.91 Å². The number of anilines is 2. The summed E-state index contributed by atoms with van der Waals surface area (Å²) in [5, 5.41) is 12.9. The molecule has 0 aliphatic heterocycles. The smallest absolute Gasteiger partial charge is 0.253 e. The summed E-state index contributed by atoms with van der Waals surface area (Å²) in [7, 11) is 0. The zero-order chi connectivity index (χ0) is 13.2. The third-order valence-corrected chi connectivity index (χ3v) is 3.43. The Labute approximate surface area is 106 Å². The molecule has 0 heterocycles. The molecule has 5 nitrogen and oxygen atoms in total. The number of nitrogens with one attached hydrogen (secondary N) is 1. The van der Waals surface area contributed by atoms with E-state index in [1.54, 1.807) is 18.2 Å². The predicted molar refractivity (Wildman–Crippen MR) is 71.0 cm³/mol. The highest BCUT2D eigenvalue weighted by Crippen LogP contribution is 2.28. The Morgan fingerprint density at radius 2 is 2.00 bits per heavy atom. The Bertz CT molecular complexity index is 454. The van der Waals surface area contributed by atoms with Crippen molar-refractivity contribution in [1.82, 2.24) is 5.32 Å². The molecule has 1 aliphatic carbocycles. The number of rotatable bonds is 3. The Morgan fingerprint density at radius 1 is 1.33 bits per heavy atom. The molecule has 18 heavy (non-hydrogen) atoms. The lowest BCUT2D eigenvalue weighted by molar-refractivity contribution is 0.0450. The normalized spacial score (nSPS) is 17.6. The maximum absolute atomic E-state index is 11.9. The summed E-state index contributed by atoms with van der Waals surface area (Å²) in [6.07, 6.45) is 3.50. The molecule has 1 aromatic carbocycles. The molecule has 0 aromatic heterocycles. The molecular weight excluding hydrogens is 230 g/mol. The highest BCUT2D eigenvalue weighted by atomic mass is 16.3. The van der Waals surface area contributed by atoms with E-state index < -0.39 is 5.60 Å². The minimum Gasteiger partial charge on any atom is -0.399 e. The Hall–Kier alpha value is -1.75. The van der Waals surface area contributed by atoms with Crippen molar-refractivity contribution in [3.63, 3.8) is 0 Å². The first kappa shape index (κ1) is 12.7. The van der Waals surface area contributed by atoms with Crippen LogP contribution in [0.2, 0.25) is 0 Å². The van der Waals surface area contributed by atoms with E-state index in [1.165, 1.54) is 0 Å². The summed E-state index contributed by atoms with van der Waals surface area (Å²) in [5.41, 5.74) is 11.8. The van der Waals surface area contributed by atoms with E-state index in [-0.39, 0.29) is 12.5 Å². The van der Waals surface area contributed by atoms with Crippen LogP contribution >= 0.6 is 0 Å². The first-order valence-corrected chi connectivity index (χ1v) is 6.16. The van der Waals surface area contributed by atoms with Crippen LogP contribution in [-0.4, -0.2) is 23.2 Å². The highest BCUT2D eigenvalue weighted by Gasteiger charge is 2.31. The zero-order valence-corrected chi connectivity index (χ0v) is 10.3. The van der Waals surface area contributed by atoms with Crippen LogP contribution in [0.25, 0.3) is 0 Å². The molecule has 5 heteroatoms. The molecule has 0 saturated heterocycles. The number of nitrogen functional groups attached to an aromatic ring is 2. The third-order valence-electron chi connectivity index (χ3n) is 3.43. The fraction of sp³-hybridized carbons (Fsp3) is 0.462. The summed E-state index contributed by atoms with van der Waals surface area (Å²) in [6.45, 7) is 0.273. The maximum Gasteiger partial charge on any atom is 0.253 e. The average molecular weight is 249 g/mol. The lowest BCUT2D eigenvalue weighted by Crippen LogP contribution is -2.40. The third kappa shape index (κ3) is 2.73. The van der Waals surface area contributed by atoms with E-state index in [0.29, 0.717) is 16.9 Å². The van der Waals surface area contributed by atoms with Crippen molar-refractivity contribution in [2.24, 2.45) is 0 Å². The van der Waals surface area contributed by atoms with Gasteiger partial charge < -0.3 is 21.9 Å². The van der Waals surface area contributed by atoms with Crippen molar-refractivity contribution in [3.05, 3.63) is 23.8 Å². The van der Waals surface area contributed by atoms with Crippen LogP contribution in [0.15, 0.2) is 18.2 Å². The lowest BCUT2D eigenvalue weighted by Gasteiger charge is -2.22. The van der Waals surface area contributed by atoms with Gasteiger partial charge in [-0.05, 0) is 31.0 Å². The van der Waals surface area contributed by atoms with Gasteiger partial charge in [-0.15, -0.1) is 0 Å². The SMILES string of the molecule is Nc1ccc(C(=O)NCC2(O)CCCC2)c(N)c1. The van der Waals surface area contributed by atoms with Crippen molar-refractivity contribution in [1.29, 1.82) is 0 Å². The molecular formula is C13H19N3O2. The van der Waals surface area contributed by atoms with Crippen molar-refractivity contribution >= 4 is 17.3 Å². The van der Waals surface area contributed by atoms with E-state index in [9.17, 15) is 9.90 Å². The fourth-order valence-corrected chi connectivity index (χ4v) is 2.34. The van der Waals surface area contributed by atoms with Gasteiger partial charge in [0.2, 0.25) is 0 Å². The number of carbonyl (C=O) groups is 1. The van der Waals surface area contributed by atoms with Crippen LogP contribution in [0.4, 0.5) is 11.4 Å². The van der Waals surface area contributed by atoms with Crippen molar-refractivity contribution < 1.29 is 9.90 Å². The van der Waals surface area contributed by atoms with E-state index >= 15 is 0 Å². The largest absolute Gasteiger partial charge is 0.399 e. The topological polar surface area (TPSA) is 101 Å². The molecule has 0 radical (unpaired) electrons. The van der Waals surface area contributed by atoms with E-state index in [0.717, 1.165) is 25.7 Å². The van der Waals surface area contributed by atoms with Gasteiger partial charge in [0.1, 0.15) is 0 Å². The Morgan fingerprint density at radius 3 is 2.61 bits per heavy atom. The average Bonchev–Trinajstić information content (AvgIpc) is 2.74. The second-order valence-electron chi connectivity index (χ2n) is 4.96. The molecule has 0 unspecified atom stereocenters. The predicted octanol–water partition coefficient (Wildman–Crippen LogP) is 0.886. The summed E-state index contributed by atoms with van der Waals surface area (Å²) in [6, 6.07) is 4.79. The zero-order valence-electron chi connectivity index (χ0n) is 10.3. The molecule has 0 atom stereocenters. The summed E-state index contributed by atoms with van der Waals surface area (Å²) in [5.74, 6) is -0.271. The van der Waals surface area contributed by atoms with E-state index in [1.807, 2.05) is 0 Å². The first-order valence-electron chi connectivity index (χ1n) is 6.16. The minimum atomic E-state index is -0.752. The second kappa shape index (κ2) is 4.86. The monoisotopic (exact) mass is 249 g/mol. The summed E-state index contributed by atoms with van der Waals surface area (Å²) < 4.78 is 0. The number of hydrogen-bond acceptors (Lipinski definition) is 4. The lowest BCUT2D eigenvalue weighted by atomic mass is 10.0. The highest BCUT2D eigenvalue weighted by molar-refractivity contribution is 5.99. The summed E-state index contributed by atoms with van der Waals surface area (Å²) >= 11 is 0. The van der Waals surface area contributed by atoms with E-state index in [4.69, 9.17) is 11.5 Å². The van der Waals surface area contributed by atoms with Gasteiger partial charge in [0, 0.05) is 17.9 Å². The van der Waals surface area contributed by atoms with Crippen molar-refractivity contribution in [2.45, 2.75) is 31.3 Å². The first-order chi connectivity index (χ1) is 8.50. The number of nitrogens with two attached hydrogens (primary N) is 2. The number of carbonyl (C=O) groups excluding carboxylic acids is 1. The van der Waals surface area contributed by atoms with Gasteiger partial charge in [-0.25, -0.2) is 0 Å². The van der Waals surface area contributed by atoms with Crippen LogP contribution in [0.1, 0.15) is 36.0 Å². The van der Waals surface area contributed by atoms with E-state index in [2.05, 4.69) is 5.32 Å². The maximum atomic E-state index is 11.9. The number of benzene rings is 1. The Kier molecular flexibility index (Phi) is 3.43. The quantitative estimate of drug-likeness (QED) is 0.597. The molecule has 1 aromatic rings. The van der Waals surface area contributed by atoms with Gasteiger partial charge in [0.05, 0.1) is 11.2 Å². The van der Waals surface area contributed by atoms with Crippen molar-refractivity contribution in [2.75, 3.05) is 18.0 Å². The molecule has 1 saturated carbocycles. The van der Waals surface area contributed by atoms with Crippen LogP contribution in [0.5, 0.6) is 0 Å². The summed E-state index contributed by atoms with van der Waals surface area (Å²) in [4.78, 5) is 11.9. The molecule has 1 aliphatic rings. The van der Waals surface area contributed by atoms with Gasteiger partial charge in [-0.1, -0.05) is 12.8 Å². The standard InChI is InChI=1S/C13H19N3O2/c14-9-3-4-10(11(15)7-9)12(17)16-8-13(18)5-1-2-6-13/h3-4,7,18H,1-2,5-6,8,14-15H2,(H,16,17). The van der Waals surface area contributed by atoms with Crippen LogP contribution in [0, 0.1) is 0 Å². The molecule has 0 spiro atoms. The fourth-order valence-electron chi connectivity index (χ4n) is 2.34.